The van der Waals surface area contributed by atoms with Gasteiger partial charge >= 0.3 is 17.9 Å². The van der Waals surface area contributed by atoms with Gasteiger partial charge in [-0.3, -0.25) is 9.59 Å². The van der Waals surface area contributed by atoms with Crippen LogP contribution >= 0.6 is 0 Å². The van der Waals surface area contributed by atoms with Crippen molar-refractivity contribution in [3.8, 4) is 0 Å². The zero-order chi connectivity index (χ0) is 11.0. The molecule has 0 aromatic rings. The Labute approximate surface area is 82.4 Å². The van der Waals surface area contributed by atoms with E-state index in [-0.39, 0.29) is 12.8 Å². The van der Waals surface area contributed by atoms with E-state index in [4.69, 9.17) is 0 Å². The van der Waals surface area contributed by atoms with Gasteiger partial charge in [-0.2, -0.15) is 0 Å². The fourth-order valence-electron chi connectivity index (χ4n) is 0.653. The predicted molar refractivity (Wildman–Crippen MR) is 47.3 cm³/mol. The van der Waals surface area contributed by atoms with Crippen molar-refractivity contribution in [3.05, 3.63) is 0 Å². The second-order valence-corrected chi connectivity index (χ2v) is 2.61. The monoisotopic (exact) mass is 202 g/mol. The molecule has 0 amide bonds. The van der Waals surface area contributed by atoms with Gasteiger partial charge in [-0.25, -0.2) is 4.79 Å². The first-order chi connectivity index (χ1) is 6.60. The average molecular weight is 202 g/mol. The molecule has 0 heterocycles. The first kappa shape index (κ1) is 12.6. The Morgan fingerprint density at radius 2 is 1.64 bits per heavy atom. The van der Waals surface area contributed by atoms with Crippen LogP contribution in [0.15, 0.2) is 0 Å². The first-order valence-corrected chi connectivity index (χ1v) is 4.49. The normalized spacial score (nSPS) is 9.29. The van der Waals surface area contributed by atoms with Crippen molar-refractivity contribution in [2.24, 2.45) is 0 Å². The molecular formula is C9H14O5. The molecule has 0 aromatic heterocycles. The lowest BCUT2D eigenvalue weighted by atomic mass is 10.3. The number of hydrogen-bond donors (Lipinski definition) is 0. The van der Waals surface area contributed by atoms with Gasteiger partial charge in [0.25, 0.3) is 0 Å². The third kappa shape index (κ3) is 6.16. The fraction of sp³-hybridized carbons (Fsp3) is 0.667. The summed E-state index contributed by atoms with van der Waals surface area (Å²) in [5.41, 5.74) is 0. The van der Waals surface area contributed by atoms with Crippen molar-refractivity contribution >= 4 is 17.9 Å². The van der Waals surface area contributed by atoms with Gasteiger partial charge in [0.1, 0.15) is 0 Å². The smallest absolute Gasteiger partial charge is 0.351 e. The lowest BCUT2D eigenvalue weighted by molar-refractivity contribution is -0.167. The highest BCUT2D eigenvalue weighted by molar-refractivity contribution is 5.87. The molecule has 0 rings (SSSR count). The molecule has 0 aliphatic heterocycles. The van der Waals surface area contributed by atoms with E-state index in [0.717, 1.165) is 0 Å². The molecule has 0 N–H and O–H groups in total. The minimum absolute atomic E-state index is 0.188. The van der Waals surface area contributed by atoms with Gasteiger partial charge in [-0.1, -0.05) is 13.8 Å². The van der Waals surface area contributed by atoms with Crippen LogP contribution in [0.5, 0.6) is 0 Å². The average Bonchev–Trinajstić information content (AvgIpc) is 2.14. The predicted octanol–water partition coefficient (Wildman–Crippen LogP) is 0.809. The maximum absolute atomic E-state index is 10.8. The molecule has 0 spiro atoms. The summed E-state index contributed by atoms with van der Waals surface area (Å²) >= 11 is 0. The number of ether oxygens (including phenoxy) is 2. The van der Waals surface area contributed by atoms with Gasteiger partial charge in [0.2, 0.25) is 0 Å². The lowest BCUT2D eigenvalue weighted by Crippen LogP contribution is -2.19. The van der Waals surface area contributed by atoms with Crippen LogP contribution in [0.4, 0.5) is 0 Å². The molecule has 0 bridgehead atoms. The van der Waals surface area contributed by atoms with Gasteiger partial charge in [-0.05, 0) is 6.42 Å². The number of carbonyl (C=O) groups is 3. The molecule has 0 fully saturated rings. The second-order valence-electron chi connectivity index (χ2n) is 2.61. The van der Waals surface area contributed by atoms with Gasteiger partial charge in [0.15, 0.2) is 6.61 Å². The van der Waals surface area contributed by atoms with Crippen LogP contribution < -0.4 is 0 Å². The van der Waals surface area contributed by atoms with Crippen LogP contribution in [0.25, 0.3) is 0 Å². The molecule has 0 aliphatic rings. The maximum atomic E-state index is 10.8. The molecule has 80 valence electrons. The molecule has 0 saturated carbocycles. The fourth-order valence-corrected chi connectivity index (χ4v) is 0.653. The zero-order valence-corrected chi connectivity index (χ0v) is 8.37. The largest absolute Gasteiger partial charge is 0.454 e. The van der Waals surface area contributed by atoms with Crippen LogP contribution in [-0.2, 0) is 23.9 Å². The van der Waals surface area contributed by atoms with Crippen molar-refractivity contribution in [2.75, 3.05) is 6.61 Å². The van der Waals surface area contributed by atoms with Crippen molar-refractivity contribution < 1.29 is 23.9 Å². The summed E-state index contributed by atoms with van der Waals surface area (Å²) in [6.07, 6.45) is 0.991. The molecule has 0 radical (unpaired) electrons. The lowest BCUT2D eigenvalue weighted by Gasteiger charge is -2.02. The Morgan fingerprint density at radius 1 is 1.00 bits per heavy atom. The van der Waals surface area contributed by atoms with Gasteiger partial charge in [-0.15, -0.1) is 0 Å². The van der Waals surface area contributed by atoms with E-state index >= 15 is 0 Å². The quantitative estimate of drug-likeness (QED) is 0.487. The van der Waals surface area contributed by atoms with Crippen molar-refractivity contribution in [1.82, 2.24) is 0 Å². The third-order valence-corrected chi connectivity index (χ3v) is 1.32. The van der Waals surface area contributed by atoms with Crippen LogP contribution in [0.2, 0.25) is 0 Å². The summed E-state index contributed by atoms with van der Waals surface area (Å²) in [6.45, 7) is 2.90. The molecular weight excluding hydrogens is 188 g/mol. The second kappa shape index (κ2) is 7.06. The molecule has 5 heteroatoms. The summed E-state index contributed by atoms with van der Waals surface area (Å²) in [4.78, 5) is 32.2. The van der Waals surface area contributed by atoms with E-state index in [0.29, 0.717) is 6.42 Å². The van der Waals surface area contributed by atoms with Crippen molar-refractivity contribution in [1.29, 1.82) is 0 Å². The van der Waals surface area contributed by atoms with Crippen molar-refractivity contribution in [3.63, 3.8) is 0 Å². The van der Waals surface area contributed by atoms with Gasteiger partial charge in [0, 0.05) is 12.8 Å². The van der Waals surface area contributed by atoms with E-state index in [1.807, 2.05) is 0 Å². The van der Waals surface area contributed by atoms with Gasteiger partial charge in [0.05, 0.1) is 0 Å². The molecule has 0 unspecified atom stereocenters. The van der Waals surface area contributed by atoms with Crippen LogP contribution in [0.3, 0.4) is 0 Å². The van der Waals surface area contributed by atoms with Crippen LogP contribution in [0.1, 0.15) is 33.1 Å². The van der Waals surface area contributed by atoms with E-state index < -0.39 is 24.5 Å². The Bertz CT molecular complexity index is 221. The summed E-state index contributed by atoms with van der Waals surface area (Å²) in [6, 6.07) is 0. The zero-order valence-electron chi connectivity index (χ0n) is 8.37. The Balaban J connectivity index is 3.65. The third-order valence-electron chi connectivity index (χ3n) is 1.32. The van der Waals surface area contributed by atoms with E-state index in [1.54, 1.807) is 13.8 Å². The standard InChI is InChI=1S/C9H14O5/c1-3-5-8(11)14-9(12)6-13-7(10)4-2/h3-6H2,1-2H3. The van der Waals surface area contributed by atoms with Crippen LogP contribution in [0, 0.1) is 0 Å². The van der Waals surface area contributed by atoms with E-state index in [2.05, 4.69) is 9.47 Å². The highest BCUT2D eigenvalue weighted by Gasteiger charge is 2.11. The molecule has 0 atom stereocenters. The molecule has 0 aromatic carbocycles. The Morgan fingerprint density at radius 3 is 2.14 bits per heavy atom. The maximum Gasteiger partial charge on any atom is 0.351 e. The molecule has 14 heavy (non-hydrogen) atoms. The molecule has 5 nitrogen and oxygen atoms in total. The minimum atomic E-state index is -0.828. The minimum Gasteiger partial charge on any atom is -0.454 e. The molecule has 0 saturated heterocycles. The SMILES string of the molecule is CCCC(=O)OC(=O)COC(=O)CC. The van der Waals surface area contributed by atoms with E-state index in [9.17, 15) is 14.4 Å². The van der Waals surface area contributed by atoms with Crippen molar-refractivity contribution in [2.45, 2.75) is 33.1 Å². The summed E-state index contributed by atoms with van der Waals surface area (Å²) in [5.74, 6) is -1.92. The van der Waals surface area contributed by atoms with Gasteiger partial charge < -0.3 is 9.47 Å². The summed E-state index contributed by atoms with van der Waals surface area (Å²) in [5, 5.41) is 0. The highest BCUT2D eigenvalue weighted by Crippen LogP contribution is 1.93. The number of hydrogen-bond acceptors (Lipinski definition) is 5. The van der Waals surface area contributed by atoms with E-state index in [1.165, 1.54) is 0 Å². The highest BCUT2D eigenvalue weighted by atomic mass is 16.6. The number of rotatable bonds is 5. The first-order valence-electron chi connectivity index (χ1n) is 4.49. The summed E-state index contributed by atoms with van der Waals surface area (Å²) in [7, 11) is 0. The Kier molecular flexibility index (Phi) is 6.36. The number of esters is 3. The van der Waals surface area contributed by atoms with Crippen LogP contribution in [-0.4, -0.2) is 24.5 Å². The summed E-state index contributed by atoms with van der Waals surface area (Å²) < 4.78 is 8.80. The topological polar surface area (TPSA) is 69.7 Å². The Hall–Kier alpha value is -1.39. The molecule has 0 aliphatic carbocycles. The number of carbonyl (C=O) groups excluding carboxylic acids is 3.